The molecule has 2 aliphatic rings. The van der Waals surface area contributed by atoms with Crippen molar-refractivity contribution in [3.63, 3.8) is 0 Å². The Morgan fingerprint density at radius 3 is 2.73 bits per heavy atom. The van der Waals surface area contributed by atoms with Gasteiger partial charge in [0.2, 0.25) is 0 Å². The summed E-state index contributed by atoms with van der Waals surface area (Å²) in [7, 11) is 0. The van der Waals surface area contributed by atoms with Crippen molar-refractivity contribution in [3.8, 4) is 11.5 Å². The van der Waals surface area contributed by atoms with E-state index in [1.807, 2.05) is 6.07 Å². The smallest absolute Gasteiger partial charge is 0.161 e. The van der Waals surface area contributed by atoms with E-state index in [2.05, 4.69) is 52.7 Å². The first-order chi connectivity index (χ1) is 12.9. The fraction of sp³-hybridized carbons (Fsp3) is 0.455. The summed E-state index contributed by atoms with van der Waals surface area (Å²) in [5, 5.41) is 3.57. The summed E-state index contributed by atoms with van der Waals surface area (Å²) in [5.41, 5.74) is 2.73. The first-order valence-electron chi connectivity index (χ1n) is 9.75. The fourth-order valence-electron chi connectivity index (χ4n) is 3.92. The van der Waals surface area contributed by atoms with E-state index in [4.69, 9.17) is 9.47 Å². The quantitative estimate of drug-likeness (QED) is 0.808. The lowest BCUT2D eigenvalue weighted by Gasteiger charge is -2.33. The number of nitrogens with zero attached hydrogens (tertiary/aromatic N) is 1. The Morgan fingerprint density at radius 1 is 1.00 bits per heavy atom. The van der Waals surface area contributed by atoms with Crippen molar-refractivity contribution in [1.82, 2.24) is 10.2 Å². The molecule has 1 N–H and O–H groups in total. The van der Waals surface area contributed by atoms with Crippen molar-refractivity contribution in [2.45, 2.75) is 25.3 Å². The largest absolute Gasteiger partial charge is 0.486 e. The molecule has 0 radical (unpaired) electrons. The number of benzene rings is 2. The summed E-state index contributed by atoms with van der Waals surface area (Å²) in [6.45, 7) is 6.66. The van der Waals surface area contributed by atoms with Crippen LogP contribution in [0, 0.1) is 0 Å². The number of hydrogen-bond acceptors (Lipinski definition) is 4. The summed E-state index contributed by atoms with van der Waals surface area (Å²) in [4.78, 5) is 2.60. The Bertz CT molecular complexity index is 705. The van der Waals surface area contributed by atoms with Gasteiger partial charge in [-0.05, 0) is 48.6 Å². The molecule has 0 spiro atoms. The van der Waals surface area contributed by atoms with Gasteiger partial charge in [-0.25, -0.2) is 0 Å². The summed E-state index contributed by atoms with van der Waals surface area (Å²) >= 11 is 0. The minimum Gasteiger partial charge on any atom is -0.486 e. The Labute approximate surface area is 156 Å². The van der Waals surface area contributed by atoms with Crippen LogP contribution in [0.1, 0.15) is 29.9 Å². The van der Waals surface area contributed by atoms with Gasteiger partial charge in [-0.1, -0.05) is 36.4 Å². The van der Waals surface area contributed by atoms with Crippen LogP contribution in [0.3, 0.4) is 0 Å². The van der Waals surface area contributed by atoms with Crippen molar-refractivity contribution in [2.24, 2.45) is 0 Å². The molecule has 138 valence electrons. The minimum atomic E-state index is 0.640. The highest BCUT2D eigenvalue weighted by Gasteiger charge is 2.20. The molecular weight excluding hydrogens is 324 g/mol. The number of fused-ring (bicyclic) bond motifs is 1. The zero-order valence-corrected chi connectivity index (χ0v) is 15.3. The molecule has 0 bridgehead atoms. The lowest BCUT2D eigenvalue weighted by atomic mass is 9.91. The maximum atomic E-state index is 5.66. The molecule has 2 aromatic rings. The Morgan fingerprint density at radius 2 is 1.85 bits per heavy atom. The van der Waals surface area contributed by atoms with Crippen LogP contribution in [0.5, 0.6) is 11.5 Å². The molecule has 2 aliphatic heterocycles. The monoisotopic (exact) mass is 352 g/mol. The number of likely N-dealkylation sites (tertiary alicyclic amines) is 1. The summed E-state index contributed by atoms with van der Waals surface area (Å²) < 4.78 is 11.2. The van der Waals surface area contributed by atoms with E-state index in [-0.39, 0.29) is 0 Å². The van der Waals surface area contributed by atoms with Gasteiger partial charge in [0.05, 0.1) is 0 Å². The summed E-state index contributed by atoms with van der Waals surface area (Å²) in [5.74, 6) is 2.42. The topological polar surface area (TPSA) is 33.7 Å². The first kappa shape index (κ1) is 17.4. The molecular formula is C22H28N2O2. The molecule has 0 saturated carbocycles. The molecule has 1 saturated heterocycles. The molecule has 0 aromatic heterocycles. The van der Waals surface area contributed by atoms with Crippen molar-refractivity contribution in [2.75, 3.05) is 39.4 Å². The molecule has 26 heavy (non-hydrogen) atoms. The van der Waals surface area contributed by atoms with E-state index >= 15 is 0 Å². The van der Waals surface area contributed by atoms with Crippen molar-refractivity contribution < 1.29 is 9.47 Å². The number of nitrogens with one attached hydrogen (secondary N) is 1. The van der Waals surface area contributed by atoms with Crippen LogP contribution in [0.2, 0.25) is 0 Å². The van der Waals surface area contributed by atoms with Gasteiger partial charge in [-0.15, -0.1) is 0 Å². The zero-order valence-electron chi connectivity index (χ0n) is 15.3. The standard InChI is InChI=1S/C22H28N2O2/c1-2-5-19(6-3-1)20-7-4-11-24(17-20)12-10-23-16-18-8-9-21-22(15-18)26-14-13-25-21/h1-3,5-6,8-9,15,20,23H,4,7,10-14,16-17H2. The lowest BCUT2D eigenvalue weighted by Crippen LogP contribution is -2.38. The van der Waals surface area contributed by atoms with Crippen molar-refractivity contribution in [3.05, 3.63) is 59.7 Å². The number of piperidine rings is 1. The van der Waals surface area contributed by atoms with E-state index in [0.717, 1.165) is 31.1 Å². The Balaban J connectivity index is 1.22. The second-order valence-electron chi connectivity index (χ2n) is 7.21. The number of ether oxygens (including phenoxy) is 2. The molecule has 1 atom stereocenters. The first-order valence-corrected chi connectivity index (χ1v) is 9.75. The predicted octanol–water partition coefficient (Wildman–Crippen LogP) is 3.43. The molecule has 2 heterocycles. The average Bonchev–Trinajstić information content (AvgIpc) is 2.72. The van der Waals surface area contributed by atoms with Gasteiger partial charge in [-0.2, -0.15) is 0 Å². The van der Waals surface area contributed by atoms with E-state index < -0.39 is 0 Å². The van der Waals surface area contributed by atoms with E-state index in [1.54, 1.807) is 0 Å². The van der Waals surface area contributed by atoms with E-state index in [0.29, 0.717) is 19.1 Å². The second kappa shape index (κ2) is 8.56. The third kappa shape index (κ3) is 4.37. The lowest BCUT2D eigenvalue weighted by molar-refractivity contribution is 0.171. The van der Waals surface area contributed by atoms with Crippen molar-refractivity contribution >= 4 is 0 Å². The average molecular weight is 352 g/mol. The number of hydrogen-bond donors (Lipinski definition) is 1. The van der Waals surface area contributed by atoms with Crippen LogP contribution in [0.15, 0.2) is 48.5 Å². The predicted molar refractivity (Wildman–Crippen MR) is 104 cm³/mol. The van der Waals surface area contributed by atoms with Gasteiger partial charge in [0, 0.05) is 26.2 Å². The fourth-order valence-corrected chi connectivity index (χ4v) is 3.92. The highest BCUT2D eigenvalue weighted by atomic mass is 16.6. The molecule has 2 aromatic carbocycles. The van der Waals surface area contributed by atoms with Gasteiger partial charge < -0.3 is 19.7 Å². The third-order valence-electron chi connectivity index (χ3n) is 5.32. The highest BCUT2D eigenvalue weighted by molar-refractivity contribution is 5.43. The minimum absolute atomic E-state index is 0.640. The van der Waals surface area contributed by atoms with Gasteiger partial charge in [0.25, 0.3) is 0 Å². The molecule has 4 rings (SSSR count). The van der Waals surface area contributed by atoms with Crippen LogP contribution >= 0.6 is 0 Å². The summed E-state index contributed by atoms with van der Waals surface area (Å²) in [6.07, 6.45) is 2.60. The van der Waals surface area contributed by atoms with Crippen LogP contribution < -0.4 is 14.8 Å². The van der Waals surface area contributed by atoms with E-state index in [1.165, 1.54) is 37.1 Å². The van der Waals surface area contributed by atoms with Crippen LogP contribution in [0.4, 0.5) is 0 Å². The maximum Gasteiger partial charge on any atom is 0.161 e. The maximum absolute atomic E-state index is 5.66. The third-order valence-corrected chi connectivity index (χ3v) is 5.32. The van der Waals surface area contributed by atoms with E-state index in [9.17, 15) is 0 Å². The zero-order chi connectivity index (χ0) is 17.6. The molecule has 1 fully saturated rings. The van der Waals surface area contributed by atoms with Crippen LogP contribution in [0.25, 0.3) is 0 Å². The Kier molecular flexibility index (Phi) is 5.72. The Hall–Kier alpha value is -2.04. The SMILES string of the molecule is c1ccc(C2CCCN(CCNCc3ccc4c(c3)OCCO4)C2)cc1. The van der Waals surface area contributed by atoms with Gasteiger partial charge in [0.1, 0.15) is 13.2 Å². The molecule has 1 unspecified atom stereocenters. The van der Waals surface area contributed by atoms with Gasteiger partial charge >= 0.3 is 0 Å². The van der Waals surface area contributed by atoms with Crippen LogP contribution in [-0.4, -0.2) is 44.3 Å². The number of rotatable bonds is 6. The molecule has 4 heteroatoms. The molecule has 0 aliphatic carbocycles. The van der Waals surface area contributed by atoms with Crippen LogP contribution in [-0.2, 0) is 6.54 Å². The van der Waals surface area contributed by atoms with Gasteiger partial charge in [-0.3, -0.25) is 0 Å². The molecule has 0 amide bonds. The van der Waals surface area contributed by atoms with Crippen molar-refractivity contribution in [1.29, 1.82) is 0 Å². The highest BCUT2D eigenvalue weighted by Crippen LogP contribution is 2.30. The van der Waals surface area contributed by atoms with Gasteiger partial charge in [0.15, 0.2) is 11.5 Å². The second-order valence-corrected chi connectivity index (χ2v) is 7.21. The normalized spacial score (nSPS) is 20.1. The molecule has 4 nitrogen and oxygen atoms in total. The summed E-state index contributed by atoms with van der Waals surface area (Å²) in [6, 6.07) is 17.2.